The standard InChI is InChI=1S/C18H17FN2O2S/c19-14-7-5-13(6-8-14)15-9-10-16(24-15)18(23)21-20-17(22)11-12-3-1-2-4-12/h1,3,5-10,12H,2,4,11H2,(H,20,22)(H,21,23). The first-order chi connectivity index (χ1) is 11.6. The van der Waals surface area contributed by atoms with Crippen molar-refractivity contribution in [1.82, 2.24) is 10.9 Å². The highest BCUT2D eigenvalue weighted by Gasteiger charge is 2.15. The number of allylic oxidation sites excluding steroid dienone is 2. The molecule has 1 aromatic heterocycles. The average Bonchev–Trinajstić information content (AvgIpc) is 3.25. The van der Waals surface area contributed by atoms with Gasteiger partial charge < -0.3 is 0 Å². The Labute approximate surface area is 143 Å². The van der Waals surface area contributed by atoms with E-state index in [1.54, 1.807) is 24.3 Å². The van der Waals surface area contributed by atoms with Gasteiger partial charge in [0.1, 0.15) is 5.82 Å². The molecule has 1 aliphatic rings. The molecular formula is C18H17FN2O2S. The molecule has 1 unspecified atom stereocenters. The molecule has 1 atom stereocenters. The molecule has 3 rings (SSSR count). The Morgan fingerprint density at radius 3 is 2.62 bits per heavy atom. The van der Waals surface area contributed by atoms with Crippen LogP contribution in [0.15, 0.2) is 48.6 Å². The molecule has 1 aliphatic carbocycles. The number of hydrogen-bond acceptors (Lipinski definition) is 3. The lowest BCUT2D eigenvalue weighted by atomic mass is 10.1. The van der Waals surface area contributed by atoms with E-state index in [4.69, 9.17) is 0 Å². The third-order valence-corrected chi connectivity index (χ3v) is 4.97. The molecule has 124 valence electrons. The summed E-state index contributed by atoms with van der Waals surface area (Å²) in [5.74, 6) is -0.597. The fraction of sp³-hybridized carbons (Fsp3) is 0.222. The lowest BCUT2D eigenvalue weighted by molar-refractivity contribution is -0.122. The van der Waals surface area contributed by atoms with Crippen LogP contribution in [0.4, 0.5) is 4.39 Å². The van der Waals surface area contributed by atoms with Crippen LogP contribution in [0.5, 0.6) is 0 Å². The van der Waals surface area contributed by atoms with Crippen LogP contribution in [0.2, 0.25) is 0 Å². The van der Waals surface area contributed by atoms with Gasteiger partial charge in [-0.3, -0.25) is 20.4 Å². The van der Waals surface area contributed by atoms with Gasteiger partial charge in [0.15, 0.2) is 0 Å². The number of rotatable bonds is 4. The summed E-state index contributed by atoms with van der Waals surface area (Å²) in [7, 11) is 0. The molecule has 0 spiro atoms. The average molecular weight is 344 g/mol. The second-order valence-electron chi connectivity index (χ2n) is 5.64. The summed E-state index contributed by atoms with van der Waals surface area (Å²) in [5.41, 5.74) is 5.73. The summed E-state index contributed by atoms with van der Waals surface area (Å²) < 4.78 is 13.0. The van der Waals surface area contributed by atoms with E-state index < -0.39 is 0 Å². The van der Waals surface area contributed by atoms with Crippen LogP contribution >= 0.6 is 11.3 Å². The van der Waals surface area contributed by atoms with Gasteiger partial charge in [0.25, 0.3) is 5.91 Å². The van der Waals surface area contributed by atoms with Gasteiger partial charge in [-0.05, 0) is 48.6 Å². The highest BCUT2D eigenvalue weighted by molar-refractivity contribution is 7.17. The number of halogens is 1. The molecule has 0 radical (unpaired) electrons. The van der Waals surface area contributed by atoms with E-state index in [9.17, 15) is 14.0 Å². The molecule has 2 amide bonds. The molecule has 24 heavy (non-hydrogen) atoms. The molecule has 0 bridgehead atoms. The number of benzene rings is 1. The molecule has 2 N–H and O–H groups in total. The van der Waals surface area contributed by atoms with E-state index in [-0.39, 0.29) is 23.5 Å². The zero-order valence-corrected chi connectivity index (χ0v) is 13.7. The maximum absolute atomic E-state index is 13.0. The zero-order valence-electron chi connectivity index (χ0n) is 12.9. The third-order valence-electron chi connectivity index (χ3n) is 3.83. The molecule has 1 heterocycles. The van der Waals surface area contributed by atoms with E-state index in [1.807, 2.05) is 6.08 Å². The van der Waals surface area contributed by atoms with E-state index in [0.29, 0.717) is 11.3 Å². The van der Waals surface area contributed by atoms with Gasteiger partial charge >= 0.3 is 0 Å². The second kappa shape index (κ2) is 7.40. The number of hydrazine groups is 1. The summed E-state index contributed by atoms with van der Waals surface area (Å²) in [6.45, 7) is 0. The smallest absolute Gasteiger partial charge is 0.273 e. The van der Waals surface area contributed by atoms with Crippen LogP contribution in [0.25, 0.3) is 10.4 Å². The molecule has 4 nitrogen and oxygen atoms in total. The fourth-order valence-corrected chi connectivity index (χ4v) is 3.48. The number of amides is 2. The van der Waals surface area contributed by atoms with Gasteiger partial charge in [-0.25, -0.2) is 4.39 Å². The predicted octanol–water partition coefficient (Wildman–Crippen LogP) is 3.67. The summed E-state index contributed by atoms with van der Waals surface area (Å²) in [4.78, 5) is 25.2. The summed E-state index contributed by atoms with van der Waals surface area (Å²) in [6, 6.07) is 9.58. The summed E-state index contributed by atoms with van der Waals surface area (Å²) >= 11 is 1.29. The molecule has 0 saturated heterocycles. The van der Waals surface area contributed by atoms with E-state index in [0.717, 1.165) is 23.3 Å². The lowest BCUT2D eigenvalue weighted by Crippen LogP contribution is -2.41. The minimum atomic E-state index is -0.358. The van der Waals surface area contributed by atoms with Crippen molar-refractivity contribution in [3.63, 3.8) is 0 Å². The summed E-state index contributed by atoms with van der Waals surface area (Å²) in [5, 5.41) is 0. The predicted molar refractivity (Wildman–Crippen MR) is 91.8 cm³/mol. The molecular weight excluding hydrogens is 327 g/mol. The van der Waals surface area contributed by atoms with Crippen molar-refractivity contribution in [2.45, 2.75) is 19.3 Å². The van der Waals surface area contributed by atoms with Crippen LogP contribution in [-0.4, -0.2) is 11.8 Å². The summed E-state index contributed by atoms with van der Waals surface area (Å²) in [6.07, 6.45) is 6.47. The highest BCUT2D eigenvalue weighted by Crippen LogP contribution is 2.28. The van der Waals surface area contributed by atoms with E-state index >= 15 is 0 Å². The van der Waals surface area contributed by atoms with Crippen LogP contribution < -0.4 is 10.9 Å². The fourth-order valence-electron chi connectivity index (χ4n) is 2.57. The first-order valence-electron chi connectivity index (χ1n) is 7.73. The molecule has 1 aromatic carbocycles. The molecule has 2 aromatic rings. The van der Waals surface area contributed by atoms with Gasteiger partial charge in [0.2, 0.25) is 5.91 Å². The minimum absolute atomic E-state index is 0.199. The number of hydrogen-bond donors (Lipinski definition) is 2. The van der Waals surface area contributed by atoms with Crippen molar-refractivity contribution in [3.05, 3.63) is 59.2 Å². The van der Waals surface area contributed by atoms with Gasteiger partial charge in [-0.2, -0.15) is 0 Å². The van der Waals surface area contributed by atoms with Crippen molar-refractivity contribution >= 4 is 23.2 Å². The Balaban J connectivity index is 1.54. The minimum Gasteiger partial charge on any atom is -0.273 e. The van der Waals surface area contributed by atoms with Gasteiger partial charge in [0, 0.05) is 11.3 Å². The first-order valence-corrected chi connectivity index (χ1v) is 8.55. The van der Waals surface area contributed by atoms with Gasteiger partial charge in [-0.1, -0.05) is 24.3 Å². The van der Waals surface area contributed by atoms with Crippen LogP contribution in [0.3, 0.4) is 0 Å². The highest BCUT2D eigenvalue weighted by atomic mass is 32.1. The van der Waals surface area contributed by atoms with Crippen LogP contribution in [0, 0.1) is 11.7 Å². The SMILES string of the molecule is O=C(CC1C=CCC1)NNC(=O)c1ccc(-c2ccc(F)cc2)s1. The number of nitrogens with one attached hydrogen (secondary N) is 2. The Hall–Kier alpha value is -2.47. The Kier molecular flexibility index (Phi) is 5.05. The topological polar surface area (TPSA) is 58.2 Å². The number of thiophene rings is 1. The van der Waals surface area contributed by atoms with Crippen molar-refractivity contribution in [1.29, 1.82) is 0 Å². The maximum atomic E-state index is 13.0. The van der Waals surface area contributed by atoms with Gasteiger partial charge in [-0.15, -0.1) is 11.3 Å². The Bertz CT molecular complexity index is 768. The number of carbonyl (C=O) groups excluding carboxylic acids is 2. The molecule has 0 saturated carbocycles. The Morgan fingerprint density at radius 1 is 1.12 bits per heavy atom. The van der Waals surface area contributed by atoms with Crippen molar-refractivity contribution in [2.24, 2.45) is 5.92 Å². The van der Waals surface area contributed by atoms with Crippen molar-refractivity contribution in [2.75, 3.05) is 0 Å². The molecule has 0 fully saturated rings. The largest absolute Gasteiger partial charge is 0.279 e. The van der Waals surface area contributed by atoms with Crippen LogP contribution in [0.1, 0.15) is 28.9 Å². The monoisotopic (exact) mass is 344 g/mol. The first kappa shape index (κ1) is 16.4. The van der Waals surface area contributed by atoms with E-state index in [1.165, 1.54) is 23.5 Å². The van der Waals surface area contributed by atoms with Crippen LogP contribution in [-0.2, 0) is 4.79 Å². The van der Waals surface area contributed by atoms with E-state index in [2.05, 4.69) is 16.9 Å². The molecule has 0 aliphatic heterocycles. The maximum Gasteiger partial charge on any atom is 0.279 e. The quantitative estimate of drug-likeness (QED) is 0.657. The van der Waals surface area contributed by atoms with Gasteiger partial charge in [0.05, 0.1) is 4.88 Å². The molecule has 6 heteroatoms. The second-order valence-corrected chi connectivity index (χ2v) is 6.73. The lowest BCUT2D eigenvalue weighted by Gasteiger charge is -2.09. The van der Waals surface area contributed by atoms with Crippen molar-refractivity contribution in [3.8, 4) is 10.4 Å². The normalized spacial score (nSPS) is 16.1. The van der Waals surface area contributed by atoms with Crippen molar-refractivity contribution < 1.29 is 14.0 Å². The number of carbonyl (C=O) groups is 2. The third kappa shape index (κ3) is 4.08. The zero-order chi connectivity index (χ0) is 16.9. The Morgan fingerprint density at radius 2 is 1.92 bits per heavy atom.